The van der Waals surface area contributed by atoms with E-state index in [0.29, 0.717) is 19.5 Å². The minimum Gasteiger partial charge on any atom is -0.338 e. The van der Waals surface area contributed by atoms with E-state index in [2.05, 4.69) is 5.32 Å². The Labute approximate surface area is 168 Å². The highest BCUT2D eigenvalue weighted by Gasteiger charge is 2.27. The van der Waals surface area contributed by atoms with Crippen molar-refractivity contribution < 1.29 is 9.59 Å². The lowest BCUT2D eigenvalue weighted by Crippen LogP contribution is -2.43. The zero-order chi connectivity index (χ0) is 21.0. The monoisotopic (exact) mass is 396 g/mol. The average Bonchev–Trinajstić information content (AvgIpc) is 2.74. The summed E-state index contributed by atoms with van der Waals surface area (Å²) in [5.74, 6) is -0.658. The fraction of sp³-hybridized carbons (Fsp3) is 0.333. The molecule has 1 aliphatic heterocycles. The van der Waals surface area contributed by atoms with Gasteiger partial charge < -0.3 is 14.8 Å². The molecule has 0 saturated carbocycles. The standard InChI is InChI=1S/C21H24N4O4/c1-23-13-16(20(28)24(2)21(23)29)10-11-18(26)25-12-6-7-15(14-25)19(27)22-17-8-4-3-5-9-17/h3-5,8-11,13,15H,6-7,12,14H2,1-2H3,(H,22,27). The molecule has 1 fully saturated rings. The maximum Gasteiger partial charge on any atom is 0.330 e. The molecule has 2 aromatic rings. The maximum absolute atomic E-state index is 12.6. The number of piperidine rings is 1. The lowest BCUT2D eigenvalue weighted by Gasteiger charge is -2.31. The summed E-state index contributed by atoms with van der Waals surface area (Å²) >= 11 is 0. The van der Waals surface area contributed by atoms with Crippen LogP contribution < -0.4 is 16.6 Å². The van der Waals surface area contributed by atoms with E-state index in [1.54, 1.807) is 11.9 Å². The number of para-hydroxylation sites is 1. The van der Waals surface area contributed by atoms with Crippen molar-refractivity contribution >= 4 is 23.6 Å². The Morgan fingerprint density at radius 3 is 2.59 bits per heavy atom. The van der Waals surface area contributed by atoms with Gasteiger partial charge in [-0.1, -0.05) is 18.2 Å². The quantitative estimate of drug-likeness (QED) is 0.780. The van der Waals surface area contributed by atoms with E-state index in [1.165, 1.54) is 30.0 Å². The Bertz CT molecular complexity index is 1050. The molecule has 1 unspecified atom stereocenters. The number of nitrogens with one attached hydrogen (secondary N) is 1. The number of hydrogen-bond acceptors (Lipinski definition) is 4. The molecule has 2 amide bonds. The van der Waals surface area contributed by atoms with Crippen LogP contribution in [-0.4, -0.2) is 38.9 Å². The summed E-state index contributed by atoms with van der Waals surface area (Å²) in [5.41, 5.74) is 0.0856. The molecular weight excluding hydrogens is 372 g/mol. The van der Waals surface area contributed by atoms with Crippen LogP contribution in [0.4, 0.5) is 5.69 Å². The van der Waals surface area contributed by atoms with Crippen LogP contribution in [0.2, 0.25) is 0 Å². The molecule has 1 aromatic heterocycles. The third kappa shape index (κ3) is 4.71. The van der Waals surface area contributed by atoms with Gasteiger partial charge in [-0.2, -0.15) is 0 Å². The number of anilines is 1. The molecule has 1 aromatic carbocycles. The van der Waals surface area contributed by atoms with Crippen molar-refractivity contribution in [1.82, 2.24) is 14.0 Å². The molecule has 152 valence electrons. The van der Waals surface area contributed by atoms with Crippen LogP contribution in [-0.2, 0) is 23.7 Å². The summed E-state index contributed by atoms with van der Waals surface area (Å²) < 4.78 is 2.28. The molecule has 2 heterocycles. The van der Waals surface area contributed by atoms with Gasteiger partial charge >= 0.3 is 5.69 Å². The largest absolute Gasteiger partial charge is 0.338 e. The summed E-state index contributed by atoms with van der Waals surface area (Å²) in [7, 11) is 2.94. The van der Waals surface area contributed by atoms with Gasteiger partial charge in [-0.15, -0.1) is 0 Å². The predicted octanol–water partition coefficient (Wildman–Crippen LogP) is 0.975. The average molecular weight is 396 g/mol. The number of hydrogen-bond donors (Lipinski definition) is 1. The zero-order valence-electron chi connectivity index (χ0n) is 16.5. The molecule has 0 aliphatic carbocycles. The van der Waals surface area contributed by atoms with E-state index >= 15 is 0 Å². The lowest BCUT2D eigenvalue weighted by atomic mass is 9.97. The SMILES string of the molecule is Cn1cc(C=CC(=O)N2CCCC(C(=O)Nc3ccccc3)C2)c(=O)n(C)c1=O. The number of amides is 2. The van der Waals surface area contributed by atoms with Gasteiger partial charge in [0, 0.05) is 45.1 Å². The van der Waals surface area contributed by atoms with Crippen molar-refractivity contribution in [2.45, 2.75) is 12.8 Å². The first-order valence-corrected chi connectivity index (χ1v) is 9.46. The number of likely N-dealkylation sites (tertiary alicyclic amines) is 1. The number of nitrogens with zero attached hydrogens (tertiary/aromatic N) is 3. The molecule has 3 rings (SSSR count). The molecule has 8 nitrogen and oxygen atoms in total. The number of carbonyl (C=O) groups excluding carboxylic acids is 2. The van der Waals surface area contributed by atoms with Gasteiger partial charge in [0.25, 0.3) is 5.56 Å². The highest BCUT2D eigenvalue weighted by molar-refractivity contribution is 5.95. The van der Waals surface area contributed by atoms with Crippen molar-refractivity contribution in [3.8, 4) is 0 Å². The predicted molar refractivity (Wildman–Crippen MR) is 110 cm³/mol. The minimum absolute atomic E-state index is 0.107. The van der Waals surface area contributed by atoms with E-state index in [1.807, 2.05) is 30.3 Å². The number of benzene rings is 1. The number of rotatable bonds is 4. The van der Waals surface area contributed by atoms with Crippen LogP contribution in [0.5, 0.6) is 0 Å². The third-order valence-corrected chi connectivity index (χ3v) is 5.02. The van der Waals surface area contributed by atoms with Crippen molar-refractivity contribution in [3.05, 3.63) is 69.0 Å². The number of aromatic nitrogens is 2. The van der Waals surface area contributed by atoms with Crippen LogP contribution in [0.3, 0.4) is 0 Å². The topological polar surface area (TPSA) is 93.4 Å². The summed E-state index contributed by atoms with van der Waals surface area (Å²) in [6, 6.07) is 9.21. The fourth-order valence-electron chi connectivity index (χ4n) is 3.37. The highest BCUT2D eigenvalue weighted by atomic mass is 16.2. The van der Waals surface area contributed by atoms with Crippen molar-refractivity contribution in [2.24, 2.45) is 20.0 Å². The number of carbonyl (C=O) groups is 2. The van der Waals surface area contributed by atoms with Crippen molar-refractivity contribution in [3.63, 3.8) is 0 Å². The van der Waals surface area contributed by atoms with Gasteiger partial charge in [-0.25, -0.2) is 4.79 Å². The Morgan fingerprint density at radius 2 is 1.86 bits per heavy atom. The third-order valence-electron chi connectivity index (χ3n) is 5.02. The lowest BCUT2D eigenvalue weighted by molar-refractivity contribution is -0.130. The van der Waals surface area contributed by atoms with E-state index in [4.69, 9.17) is 0 Å². The Hall–Kier alpha value is -3.42. The summed E-state index contributed by atoms with van der Waals surface area (Å²) in [6.07, 6.45) is 5.58. The summed E-state index contributed by atoms with van der Waals surface area (Å²) in [4.78, 5) is 50.6. The molecule has 1 atom stereocenters. The van der Waals surface area contributed by atoms with Crippen LogP contribution in [0.1, 0.15) is 18.4 Å². The van der Waals surface area contributed by atoms with Gasteiger partial charge in [0.2, 0.25) is 11.8 Å². The summed E-state index contributed by atoms with van der Waals surface area (Å²) in [5, 5.41) is 2.88. The molecule has 29 heavy (non-hydrogen) atoms. The maximum atomic E-state index is 12.6. The van der Waals surface area contributed by atoms with Gasteiger partial charge in [0.05, 0.1) is 11.5 Å². The molecular formula is C21H24N4O4. The number of aryl methyl sites for hydroxylation is 1. The molecule has 8 heteroatoms. The molecule has 0 bridgehead atoms. The minimum atomic E-state index is -0.462. The normalized spacial score (nSPS) is 16.8. The van der Waals surface area contributed by atoms with Crippen molar-refractivity contribution in [2.75, 3.05) is 18.4 Å². The first kappa shape index (κ1) is 20.3. The van der Waals surface area contributed by atoms with Crippen LogP contribution >= 0.6 is 0 Å². The van der Waals surface area contributed by atoms with Crippen LogP contribution in [0.25, 0.3) is 6.08 Å². The molecule has 1 aliphatic rings. The second-order valence-electron chi connectivity index (χ2n) is 7.15. The van der Waals surface area contributed by atoms with E-state index in [0.717, 1.165) is 16.7 Å². The van der Waals surface area contributed by atoms with Gasteiger partial charge in [0.1, 0.15) is 0 Å². The Balaban J connectivity index is 1.67. The second-order valence-corrected chi connectivity index (χ2v) is 7.15. The smallest absolute Gasteiger partial charge is 0.330 e. The van der Waals surface area contributed by atoms with E-state index in [-0.39, 0.29) is 23.3 Å². The first-order chi connectivity index (χ1) is 13.9. The first-order valence-electron chi connectivity index (χ1n) is 9.46. The van der Waals surface area contributed by atoms with Crippen molar-refractivity contribution in [1.29, 1.82) is 0 Å². The Morgan fingerprint density at radius 1 is 1.14 bits per heavy atom. The van der Waals surface area contributed by atoms with Gasteiger partial charge in [-0.05, 0) is 31.1 Å². The van der Waals surface area contributed by atoms with E-state index in [9.17, 15) is 19.2 Å². The van der Waals surface area contributed by atoms with Crippen LogP contribution in [0.15, 0.2) is 52.2 Å². The van der Waals surface area contributed by atoms with Gasteiger partial charge in [-0.3, -0.25) is 19.0 Å². The summed E-state index contributed by atoms with van der Waals surface area (Å²) in [6.45, 7) is 0.886. The molecule has 0 radical (unpaired) electrons. The second kappa shape index (κ2) is 8.72. The molecule has 1 saturated heterocycles. The molecule has 1 N–H and O–H groups in total. The van der Waals surface area contributed by atoms with Crippen LogP contribution in [0, 0.1) is 5.92 Å². The molecule has 0 spiro atoms. The zero-order valence-corrected chi connectivity index (χ0v) is 16.5. The van der Waals surface area contributed by atoms with E-state index < -0.39 is 11.2 Å². The van der Waals surface area contributed by atoms with Gasteiger partial charge in [0.15, 0.2) is 0 Å². The highest BCUT2D eigenvalue weighted by Crippen LogP contribution is 2.19. The fourth-order valence-corrected chi connectivity index (χ4v) is 3.37. The Kier molecular flexibility index (Phi) is 6.11.